The van der Waals surface area contributed by atoms with Gasteiger partial charge in [0.1, 0.15) is 19.3 Å². The Bertz CT molecular complexity index is 1940. The summed E-state index contributed by atoms with van der Waals surface area (Å²) in [5, 5.41) is 10.6. The first-order chi connectivity index (χ1) is 48.3. The lowest BCUT2D eigenvalue weighted by atomic mass is 9.99. The summed E-state index contributed by atoms with van der Waals surface area (Å²) in [6.07, 6.45) is 59.6. The normalized spacial score (nSPS) is 14.2. The predicted molar refractivity (Wildman–Crippen MR) is 409 cm³/mol. The van der Waals surface area contributed by atoms with Gasteiger partial charge in [-0.2, -0.15) is 0 Å². The van der Waals surface area contributed by atoms with Crippen LogP contribution in [0.4, 0.5) is 0 Å². The summed E-state index contributed by atoms with van der Waals surface area (Å²) in [5.41, 5.74) is 0. The van der Waals surface area contributed by atoms with Gasteiger partial charge in [0.2, 0.25) is 0 Å². The van der Waals surface area contributed by atoms with Crippen LogP contribution in [0.3, 0.4) is 0 Å². The van der Waals surface area contributed by atoms with E-state index in [0.717, 1.165) is 108 Å². The van der Waals surface area contributed by atoms with E-state index in [2.05, 4.69) is 48.5 Å². The molecule has 0 spiro atoms. The highest BCUT2D eigenvalue weighted by Crippen LogP contribution is 2.45. The Labute approximate surface area is 613 Å². The Morgan fingerprint density at radius 2 is 0.510 bits per heavy atom. The molecule has 0 aromatic carbocycles. The van der Waals surface area contributed by atoms with Gasteiger partial charge in [0.05, 0.1) is 26.4 Å². The molecule has 19 heteroatoms. The lowest BCUT2D eigenvalue weighted by Gasteiger charge is -2.21. The molecule has 100 heavy (non-hydrogen) atoms. The van der Waals surface area contributed by atoms with Crippen LogP contribution in [0.1, 0.15) is 421 Å². The molecule has 0 saturated carbocycles. The van der Waals surface area contributed by atoms with E-state index in [1.165, 1.54) is 231 Å². The van der Waals surface area contributed by atoms with Gasteiger partial charge in [0.25, 0.3) is 0 Å². The summed E-state index contributed by atoms with van der Waals surface area (Å²) in [7, 11) is -9.92. The number of ether oxygens (including phenoxy) is 4. The highest BCUT2D eigenvalue weighted by atomic mass is 31.2. The fourth-order valence-electron chi connectivity index (χ4n) is 12.5. The van der Waals surface area contributed by atoms with Gasteiger partial charge in [0.15, 0.2) is 12.2 Å². The molecule has 3 unspecified atom stereocenters. The van der Waals surface area contributed by atoms with Crippen molar-refractivity contribution < 1.29 is 80.2 Å². The van der Waals surface area contributed by atoms with E-state index < -0.39 is 97.5 Å². The lowest BCUT2D eigenvalue weighted by Crippen LogP contribution is -2.30. The van der Waals surface area contributed by atoms with Crippen LogP contribution in [-0.2, 0) is 65.4 Å². The average Bonchev–Trinajstić information content (AvgIpc) is 0.938. The maximum absolute atomic E-state index is 13.1. The van der Waals surface area contributed by atoms with Crippen molar-refractivity contribution in [3.63, 3.8) is 0 Å². The zero-order valence-electron chi connectivity index (χ0n) is 65.7. The number of hydrogen-bond acceptors (Lipinski definition) is 15. The van der Waals surface area contributed by atoms with Crippen molar-refractivity contribution in [2.75, 3.05) is 39.6 Å². The third kappa shape index (κ3) is 73.0. The minimum Gasteiger partial charge on any atom is -0.462 e. The number of carbonyl (C=O) groups is 4. The minimum atomic E-state index is -4.96. The zero-order chi connectivity index (χ0) is 73.7. The number of phosphoric ester groups is 2. The van der Waals surface area contributed by atoms with E-state index >= 15 is 0 Å². The van der Waals surface area contributed by atoms with E-state index in [1.807, 2.05) is 0 Å². The molecule has 0 amide bonds. The maximum atomic E-state index is 13.1. The van der Waals surface area contributed by atoms with Gasteiger partial charge in [-0.05, 0) is 43.4 Å². The second-order valence-corrected chi connectivity index (χ2v) is 33.3. The van der Waals surface area contributed by atoms with Crippen molar-refractivity contribution in [2.45, 2.75) is 439 Å². The molecule has 0 saturated heterocycles. The van der Waals surface area contributed by atoms with Gasteiger partial charge in [-0.3, -0.25) is 37.3 Å². The highest BCUT2D eigenvalue weighted by molar-refractivity contribution is 7.47. The molecule has 0 aliphatic heterocycles. The fourth-order valence-corrected chi connectivity index (χ4v) is 14.0. The number of aliphatic hydroxyl groups is 1. The largest absolute Gasteiger partial charge is 0.472 e. The number of rotatable bonds is 79. The quantitative estimate of drug-likeness (QED) is 0.0222. The highest BCUT2D eigenvalue weighted by Gasteiger charge is 2.30. The van der Waals surface area contributed by atoms with Crippen LogP contribution in [0.25, 0.3) is 0 Å². The molecule has 17 nitrogen and oxygen atoms in total. The summed E-state index contributed by atoms with van der Waals surface area (Å²) in [6, 6.07) is 0. The third-order valence-electron chi connectivity index (χ3n) is 19.2. The van der Waals surface area contributed by atoms with Crippen molar-refractivity contribution in [3.05, 3.63) is 0 Å². The van der Waals surface area contributed by atoms with Crippen molar-refractivity contribution in [3.8, 4) is 0 Å². The number of hydrogen-bond donors (Lipinski definition) is 3. The predicted octanol–water partition coefficient (Wildman–Crippen LogP) is 24.1. The monoisotopic (exact) mass is 1470 g/mol. The van der Waals surface area contributed by atoms with Crippen LogP contribution in [0.2, 0.25) is 0 Å². The molecule has 0 bridgehead atoms. The molecule has 0 aromatic heterocycles. The Balaban J connectivity index is 5.22. The molecule has 0 aliphatic rings. The van der Waals surface area contributed by atoms with Crippen molar-refractivity contribution in [1.29, 1.82) is 0 Å². The Morgan fingerprint density at radius 1 is 0.290 bits per heavy atom. The van der Waals surface area contributed by atoms with E-state index in [1.54, 1.807) is 0 Å². The number of carbonyl (C=O) groups excluding carboxylic acids is 4. The summed E-state index contributed by atoms with van der Waals surface area (Å²) < 4.78 is 68.7. The average molecular weight is 1470 g/mol. The Morgan fingerprint density at radius 3 is 0.760 bits per heavy atom. The second kappa shape index (κ2) is 71.3. The van der Waals surface area contributed by atoms with Crippen molar-refractivity contribution >= 4 is 39.5 Å². The van der Waals surface area contributed by atoms with Crippen molar-refractivity contribution in [1.82, 2.24) is 0 Å². The van der Waals surface area contributed by atoms with Gasteiger partial charge in [0, 0.05) is 25.7 Å². The minimum absolute atomic E-state index is 0.106. The molecule has 6 atom stereocenters. The third-order valence-corrected chi connectivity index (χ3v) is 21.1. The first kappa shape index (κ1) is 98.1. The molecule has 0 rings (SSSR count). The Kier molecular flexibility index (Phi) is 69.9. The first-order valence-electron chi connectivity index (χ1n) is 41.9. The van der Waals surface area contributed by atoms with Gasteiger partial charge in [-0.15, -0.1) is 0 Å². The lowest BCUT2D eigenvalue weighted by molar-refractivity contribution is -0.161. The van der Waals surface area contributed by atoms with E-state index in [-0.39, 0.29) is 25.7 Å². The van der Waals surface area contributed by atoms with Crippen LogP contribution in [0, 0.1) is 17.8 Å². The number of aliphatic hydroxyl groups excluding tert-OH is 1. The Hall–Kier alpha value is -1.94. The molecule has 0 aliphatic carbocycles. The zero-order valence-corrected chi connectivity index (χ0v) is 67.5. The topological polar surface area (TPSA) is 237 Å². The molecule has 0 heterocycles. The second-order valence-electron chi connectivity index (χ2n) is 30.4. The van der Waals surface area contributed by atoms with Gasteiger partial charge < -0.3 is 33.8 Å². The van der Waals surface area contributed by atoms with Gasteiger partial charge >= 0.3 is 39.5 Å². The number of phosphoric acid groups is 2. The van der Waals surface area contributed by atoms with Crippen LogP contribution in [0.15, 0.2) is 0 Å². The van der Waals surface area contributed by atoms with Crippen molar-refractivity contribution in [2.24, 2.45) is 17.8 Å². The molecule has 3 N–H and O–H groups in total. The summed E-state index contributed by atoms with van der Waals surface area (Å²) in [6.45, 7) is 12.0. The molecule has 594 valence electrons. The summed E-state index contributed by atoms with van der Waals surface area (Å²) in [4.78, 5) is 73.0. The maximum Gasteiger partial charge on any atom is 0.472 e. The van der Waals surface area contributed by atoms with E-state index in [4.69, 9.17) is 37.0 Å². The summed E-state index contributed by atoms with van der Waals surface area (Å²) in [5.74, 6) is 0.283. The van der Waals surface area contributed by atoms with E-state index in [0.29, 0.717) is 25.7 Å². The first-order valence-corrected chi connectivity index (χ1v) is 44.9. The fraction of sp³-hybridized carbons (Fsp3) is 0.951. The van der Waals surface area contributed by atoms with Crippen LogP contribution in [-0.4, -0.2) is 96.7 Å². The van der Waals surface area contributed by atoms with Crippen LogP contribution < -0.4 is 0 Å². The molecular weight excluding hydrogens is 1310 g/mol. The molecular formula is C81H158O17P2. The molecule has 0 aromatic rings. The number of esters is 4. The number of unbranched alkanes of at least 4 members (excludes halogenated alkanes) is 46. The molecule has 0 radical (unpaired) electrons. The summed E-state index contributed by atoms with van der Waals surface area (Å²) >= 11 is 0. The van der Waals surface area contributed by atoms with Gasteiger partial charge in [-0.1, -0.05) is 370 Å². The van der Waals surface area contributed by atoms with Crippen LogP contribution in [0.5, 0.6) is 0 Å². The van der Waals surface area contributed by atoms with E-state index in [9.17, 15) is 43.2 Å². The molecule has 0 fully saturated rings. The smallest absolute Gasteiger partial charge is 0.462 e. The standard InChI is InChI=1S/C81H158O17P2/c1-8-10-11-12-13-14-24-34-41-48-55-62-78(83)91-68-77(98-81(86)65-58-51-44-37-30-29-32-39-46-53-60-73(5)6)71-96-100(89,90)94-67-75(82)66-93-99(87,88)95-70-76(69-92-79(84)63-56-49-42-35-28-23-25-31-38-45-52-59-72(3)4)97-80(85)64-57-50-43-36-27-22-20-18-16-15-17-19-21-26-33-40-47-54-61-74(7)9-2/h72-77,82H,8-71H2,1-7H3,(H,87,88)(H,89,90)/t74?,75-,76-,77-/m1/s1. The van der Waals surface area contributed by atoms with Crippen LogP contribution >= 0.6 is 15.6 Å². The van der Waals surface area contributed by atoms with Gasteiger partial charge in [-0.25, -0.2) is 9.13 Å². The SMILES string of the molecule is CCCCCCCCCCCCCC(=O)OC[C@H](COP(=O)(O)OC[C@H](O)COP(=O)(O)OC[C@@H](COC(=O)CCCCCCCCCCCCCC(C)C)OC(=O)CCCCCCCCCCCCCCCCCCCCC(C)CC)OC(=O)CCCCCCCCCCCCC(C)C.